The lowest BCUT2D eigenvalue weighted by Crippen LogP contribution is -2.54. The molecule has 0 aliphatic carbocycles. The van der Waals surface area contributed by atoms with E-state index in [2.05, 4.69) is 52.0 Å². The number of carbonyl (C=O) groups excluding carboxylic acids is 1. The number of hydrogen-bond acceptors (Lipinski definition) is 2. The molecule has 0 N–H and O–H groups in total. The third-order valence-corrected chi connectivity index (χ3v) is 7.28. The van der Waals surface area contributed by atoms with Crippen LogP contribution in [0.15, 0.2) is 29.8 Å². The van der Waals surface area contributed by atoms with Crippen LogP contribution in [-0.2, 0) is 16.0 Å². The molecule has 3 heteroatoms. The smallest absolute Gasteiger partial charge is 0.361 e. The Morgan fingerprint density at radius 1 is 0.970 bits per heavy atom. The van der Waals surface area contributed by atoms with Crippen LogP contribution in [0.4, 0.5) is 0 Å². The van der Waals surface area contributed by atoms with E-state index in [0.717, 1.165) is 37.0 Å². The second-order valence-electron chi connectivity index (χ2n) is 10.5. The van der Waals surface area contributed by atoms with Crippen LogP contribution in [0.3, 0.4) is 0 Å². The van der Waals surface area contributed by atoms with Crippen molar-refractivity contribution >= 4 is 5.97 Å². The number of unbranched alkanes of at least 4 members (excludes halogenated alkanes) is 7. The first-order chi connectivity index (χ1) is 15.9. The maximum Gasteiger partial charge on any atom is 0.361 e. The highest BCUT2D eigenvalue weighted by atomic mass is 16.5. The fraction of sp³-hybridized carbons (Fsp3) is 0.700. The van der Waals surface area contributed by atoms with Gasteiger partial charge in [-0.25, -0.2) is 4.79 Å². The zero-order valence-corrected chi connectivity index (χ0v) is 22.1. The molecule has 1 aliphatic rings. The predicted molar refractivity (Wildman–Crippen MR) is 141 cm³/mol. The number of rotatable bonds is 15. The lowest BCUT2D eigenvalue weighted by atomic mass is 9.99. The van der Waals surface area contributed by atoms with Crippen molar-refractivity contribution in [2.75, 3.05) is 32.8 Å². The average molecular weight is 457 g/mol. The highest BCUT2D eigenvalue weighted by molar-refractivity contribution is 5.70. The van der Waals surface area contributed by atoms with Gasteiger partial charge in [0.05, 0.1) is 26.2 Å². The topological polar surface area (TPSA) is 26.3 Å². The fourth-order valence-electron chi connectivity index (χ4n) is 5.10. The van der Waals surface area contributed by atoms with Crippen molar-refractivity contribution in [3.8, 4) is 0 Å². The summed E-state index contributed by atoms with van der Waals surface area (Å²) < 4.78 is 6.54. The minimum atomic E-state index is 0.000257. The number of piperidine rings is 1. The molecule has 3 nitrogen and oxygen atoms in total. The molecule has 0 radical (unpaired) electrons. The SMILES string of the molecule is CCCCCCCCCCOC(=O)C[N+]1(C/C=C(/C)Cc2ccc(C)cc2C)CCCCC1. The fourth-order valence-corrected chi connectivity index (χ4v) is 5.10. The Hall–Kier alpha value is -1.61. The summed E-state index contributed by atoms with van der Waals surface area (Å²) in [5.74, 6) is 0.000257. The van der Waals surface area contributed by atoms with Gasteiger partial charge < -0.3 is 9.22 Å². The molecule has 2 rings (SSSR count). The van der Waals surface area contributed by atoms with Gasteiger partial charge in [-0.15, -0.1) is 0 Å². The van der Waals surface area contributed by atoms with Gasteiger partial charge in [-0.05, 0) is 70.1 Å². The number of benzene rings is 1. The van der Waals surface area contributed by atoms with E-state index in [0.29, 0.717) is 13.2 Å². The summed E-state index contributed by atoms with van der Waals surface area (Å²) in [5.41, 5.74) is 5.50. The second kappa shape index (κ2) is 15.3. The third kappa shape index (κ3) is 10.9. The molecule has 1 aromatic carbocycles. The van der Waals surface area contributed by atoms with Gasteiger partial charge in [-0.2, -0.15) is 0 Å². The average Bonchev–Trinajstić information content (AvgIpc) is 2.79. The summed E-state index contributed by atoms with van der Waals surface area (Å²) in [6, 6.07) is 6.73. The Labute approximate surface area is 204 Å². The van der Waals surface area contributed by atoms with Gasteiger partial charge in [0.15, 0.2) is 6.54 Å². The van der Waals surface area contributed by atoms with Crippen LogP contribution in [-0.4, -0.2) is 43.2 Å². The van der Waals surface area contributed by atoms with E-state index in [1.54, 1.807) is 0 Å². The first kappa shape index (κ1) is 27.6. The highest BCUT2D eigenvalue weighted by Crippen LogP contribution is 2.21. The lowest BCUT2D eigenvalue weighted by Gasteiger charge is -2.40. The zero-order valence-electron chi connectivity index (χ0n) is 22.1. The number of allylic oxidation sites excluding steroid dienone is 1. The molecule has 1 saturated heterocycles. The van der Waals surface area contributed by atoms with E-state index >= 15 is 0 Å². The first-order valence-electron chi connectivity index (χ1n) is 13.7. The van der Waals surface area contributed by atoms with Gasteiger partial charge in [0.2, 0.25) is 0 Å². The number of esters is 1. The molecule has 0 saturated carbocycles. The molecule has 0 atom stereocenters. The van der Waals surface area contributed by atoms with Crippen molar-refractivity contribution < 1.29 is 14.0 Å². The van der Waals surface area contributed by atoms with Crippen molar-refractivity contribution in [1.29, 1.82) is 0 Å². The Morgan fingerprint density at radius 3 is 2.30 bits per heavy atom. The lowest BCUT2D eigenvalue weighted by molar-refractivity contribution is -0.920. The summed E-state index contributed by atoms with van der Waals surface area (Å²) >= 11 is 0. The van der Waals surface area contributed by atoms with Crippen molar-refractivity contribution in [1.82, 2.24) is 0 Å². The molecular formula is C30H50NO2+. The summed E-state index contributed by atoms with van der Waals surface area (Å²) in [6.07, 6.45) is 17.3. The Kier molecular flexibility index (Phi) is 12.8. The summed E-state index contributed by atoms with van der Waals surface area (Å²) in [7, 11) is 0. The van der Waals surface area contributed by atoms with Crippen molar-refractivity contribution in [2.24, 2.45) is 0 Å². The Bertz CT molecular complexity index is 731. The van der Waals surface area contributed by atoms with Crippen molar-refractivity contribution in [3.05, 3.63) is 46.5 Å². The molecule has 1 aliphatic heterocycles. The molecule has 33 heavy (non-hydrogen) atoms. The number of carbonyl (C=O) groups is 1. The molecule has 186 valence electrons. The van der Waals surface area contributed by atoms with Crippen LogP contribution in [0.25, 0.3) is 0 Å². The highest BCUT2D eigenvalue weighted by Gasteiger charge is 2.32. The van der Waals surface area contributed by atoms with E-state index in [1.165, 1.54) is 86.5 Å². The summed E-state index contributed by atoms with van der Waals surface area (Å²) in [6.45, 7) is 13.1. The second-order valence-corrected chi connectivity index (χ2v) is 10.5. The standard InChI is InChI=1S/C30H50NO2/c1-5-6-7-8-9-10-11-15-22-33-30(32)25-31(19-13-12-14-20-31)21-18-27(3)24-29-17-16-26(2)23-28(29)4/h16-18,23H,5-15,19-22,24-25H2,1-4H3/q+1/b27-18-. The quantitative estimate of drug-likeness (QED) is 0.118. The first-order valence-corrected chi connectivity index (χ1v) is 13.7. The van der Waals surface area contributed by atoms with Crippen LogP contribution >= 0.6 is 0 Å². The van der Waals surface area contributed by atoms with Gasteiger partial charge in [0.1, 0.15) is 0 Å². The van der Waals surface area contributed by atoms with Gasteiger partial charge in [-0.3, -0.25) is 0 Å². The zero-order chi connectivity index (χ0) is 23.9. The van der Waals surface area contributed by atoms with Gasteiger partial charge >= 0.3 is 5.97 Å². The van der Waals surface area contributed by atoms with E-state index in [-0.39, 0.29) is 5.97 Å². The molecule has 1 aromatic rings. The van der Waals surface area contributed by atoms with Crippen LogP contribution in [0.5, 0.6) is 0 Å². The Balaban J connectivity index is 1.77. The van der Waals surface area contributed by atoms with Gasteiger partial charge in [-0.1, -0.05) is 81.2 Å². The molecule has 0 amide bonds. The maximum atomic E-state index is 12.7. The van der Waals surface area contributed by atoms with Crippen LogP contribution in [0, 0.1) is 13.8 Å². The maximum absolute atomic E-state index is 12.7. The monoisotopic (exact) mass is 456 g/mol. The van der Waals surface area contributed by atoms with Gasteiger partial charge in [0.25, 0.3) is 0 Å². The van der Waals surface area contributed by atoms with E-state index in [1.807, 2.05) is 0 Å². The minimum absolute atomic E-state index is 0.000257. The molecule has 0 aromatic heterocycles. The van der Waals surface area contributed by atoms with E-state index in [9.17, 15) is 4.79 Å². The van der Waals surface area contributed by atoms with Crippen LogP contribution < -0.4 is 0 Å². The number of ether oxygens (including phenoxy) is 1. The molecule has 1 fully saturated rings. The Morgan fingerprint density at radius 2 is 1.64 bits per heavy atom. The van der Waals surface area contributed by atoms with Crippen LogP contribution in [0.2, 0.25) is 0 Å². The minimum Gasteiger partial charge on any atom is -0.462 e. The molecule has 0 unspecified atom stereocenters. The molecule has 0 spiro atoms. The van der Waals surface area contributed by atoms with Crippen LogP contribution in [0.1, 0.15) is 101 Å². The number of likely N-dealkylation sites (tertiary alicyclic amines) is 1. The third-order valence-electron chi connectivity index (χ3n) is 7.28. The number of hydrogen-bond donors (Lipinski definition) is 0. The largest absolute Gasteiger partial charge is 0.462 e. The summed E-state index contributed by atoms with van der Waals surface area (Å²) in [5, 5.41) is 0. The molecule has 0 bridgehead atoms. The van der Waals surface area contributed by atoms with Crippen molar-refractivity contribution in [3.63, 3.8) is 0 Å². The van der Waals surface area contributed by atoms with Gasteiger partial charge in [0, 0.05) is 0 Å². The number of nitrogens with zero attached hydrogens (tertiary/aromatic N) is 1. The number of quaternary nitrogens is 1. The van der Waals surface area contributed by atoms with E-state index < -0.39 is 0 Å². The summed E-state index contributed by atoms with van der Waals surface area (Å²) in [4.78, 5) is 12.7. The predicted octanol–water partition coefficient (Wildman–Crippen LogP) is 7.48. The normalized spacial score (nSPS) is 16.1. The van der Waals surface area contributed by atoms with E-state index in [4.69, 9.17) is 4.74 Å². The van der Waals surface area contributed by atoms with Crippen molar-refractivity contribution in [2.45, 2.75) is 105 Å². The number of aryl methyl sites for hydroxylation is 2. The molecule has 1 heterocycles. The molecular weight excluding hydrogens is 406 g/mol.